The number of hydrogen-bond donors (Lipinski definition) is 3. The normalized spacial score (nSPS) is 15.0. The van der Waals surface area contributed by atoms with E-state index in [1.807, 2.05) is 36.6 Å². The summed E-state index contributed by atoms with van der Waals surface area (Å²) in [6.45, 7) is 1.82. The molecule has 3 N–H and O–H groups in total. The second-order valence-electron chi connectivity index (χ2n) is 5.39. The van der Waals surface area contributed by atoms with Gasteiger partial charge >= 0.3 is 0 Å². The van der Waals surface area contributed by atoms with E-state index >= 15 is 0 Å². The molecule has 0 fully saturated rings. The van der Waals surface area contributed by atoms with Gasteiger partial charge in [-0.15, -0.1) is 0 Å². The smallest absolute Gasteiger partial charge is 0.224 e. The third kappa shape index (κ3) is 4.72. The number of anilines is 1. The zero-order valence-electron chi connectivity index (χ0n) is 13.8. The van der Waals surface area contributed by atoms with E-state index in [-0.39, 0.29) is 5.91 Å². The minimum atomic E-state index is -0.00769. The van der Waals surface area contributed by atoms with E-state index in [0.29, 0.717) is 27.3 Å². The highest BCUT2D eigenvalue weighted by Gasteiger charge is 2.11. The van der Waals surface area contributed by atoms with Gasteiger partial charge in [-0.2, -0.15) is 0 Å². The van der Waals surface area contributed by atoms with Crippen LogP contribution in [0, 0.1) is 0 Å². The zero-order chi connectivity index (χ0) is 18.5. The van der Waals surface area contributed by atoms with Gasteiger partial charge in [-0.25, -0.2) is 4.99 Å². The highest BCUT2D eigenvalue weighted by Crippen LogP contribution is 2.30. The number of nitrogens with zero attached hydrogens (tertiary/aromatic N) is 1. The number of amides is 1. The maximum Gasteiger partial charge on any atom is 0.224 e. The molecule has 1 aliphatic rings. The van der Waals surface area contributed by atoms with E-state index in [1.54, 1.807) is 18.2 Å². The molecule has 26 heavy (non-hydrogen) atoms. The van der Waals surface area contributed by atoms with Crippen LogP contribution in [0.25, 0.3) is 5.70 Å². The minimum absolute atomic E-state index is 0.00769. The van der Waals surface area contributed by atoms with Crippen molar-refractivity contribution in [2.45, 2.75) is 13.3 Å². The molecule has 2 aromatic rings. The van der Waals surface area contributed by atoms with Crippen LogP contribution in [-0.4, -0.2) is 11.1 Å². The van der Waals surface area contributed by atoms with E-state index in [9.17, 15) is 4.79 Å². The Bertz CT molecular complexity index is 881. The van der Waals surface area contributed by atoms with E-state index in [1.165, 1.54) is 11.8 Å². The van der Waals surface area contributed by atoms with Crippen molar-refractivity contribution in [2.24, 2.45) is 4.99 Å². The molecule has 5 nitrogen and oxygen atoms in total. The topological polar surface area (TPSA) is 65.5 Å². The maximum absolute atomic E-state index is 11.4. The van der Waals surface area contributed by atoms with Crippen LogP contribution < -0.4 is 16.2 Å². The number of nitrogens with one attached hydrogen (secondary N) is 3. The van der Waals surface area contributed by atoms with Crippen molar-refractivity contribution >= 4 is 63.1 Å². The number of amidine groups is 1. The summed E-state index contributed by atoms with van der Waals surface area (Å²) in [5.41, 5.74) is 9.47. The number of rotatable bonds is 4. The molecule has 134 valence electrons. The molecule has 2 aromatic carbocycles. The van der Waals surface area contributed by atoms with Gasteiger partial charge in [-0.1, -0.05) is 54.0 Å². The Morgan fingerprint density at radius 1 is 1.15 bits per heavy atom. The largest absolute Gasteiger partial charge is 0.326 e. The first-order valence-corrected chi connectivity index (χ1v) is 9.51. The number of benzene rings is 2. The lowest BCUT2D eigenvalue weighted by molar-refractivity contribution is -0.115. The van der Waals surface area contributed by atoms with Crippen LogP contribution in [0.2, 0.25) is 10.0 Å². The summed E-state index contributed by atoms with van der Waals surface area (Å²) in [5.74, 6) is -0.00769. The van der Waals surface area contributed by atoms with Gasteiger partial charge in [0.2, 0.25) is 5.91 Å². The third-order valence-corrected chi connectivity index (χ3v) is 4.83. The van der Waals surface area contributed by atoms with Crippen molar-refractivity contribution in [3.63, 3.8) is 0 Å². The quantitative estimate of drug-likeness (QED) is 0.654. The summed E-state index contributed by atoms with van der Waals surface area (Å²) in [6.07, 6.45) is 0.453. The molecule has 0 aliphatic carbocycles. The van der Waals surface area contributed by atoms with E-state index in [0.717, 1.165) is 16.9 Å². The van der Waals surface area contributed by atoms with E-state index < -0.39 is 0 Å². The monoisotopic (exact) mass is 406 g/mol. The van der Waals surface area contributed by atoms with Gasteiger partial charge in [-0.3, -0.25) is 15.6 Å². The molecule has 8 heteroatoms. The minimum Gasteiger partial charge on any atom is -0.326 e. The van der Waals surface area contributed by atoms with Crippen LogP contribution in [0.15, 0.2) is 52.9 Å². The van der Waals surface area contributed by atoms with E-state index in [4.69, 9.17) is 23.2 Å². The summed E-state index contributed by atoms with van der Waals surface area (Å²) in [4.78, 5) is 15.9. The van der Waals surface area contributed by atoms with Crippen molar-refractivity contribution < 1.29 is 4.79 Å². The lowest BCUT2D eigenvalue weighted by Crippen LogP contribution is -2.36. The first kappa shape index (κ1) is 18.6. The summed E-state index contributed by atoms with van der Waals surface area (Å²) in [5, 5.41) is 6.52. The zero-order valence-corrected chi connectivity index (χ0v) is 16.2. The number of halogens is 2. The first-order valence-electron chi connectivity index (χ1n) is 7.88. The Labute approximate surface area is 165 Å². The van der Waals surface area contributed by atoms with Crippen molar-refractivity contribution in [1.29, 1.82) is 0 Å². The molecule has 0 radical (unpaired) electrons. The number of carbonyl (C=O) groups is 1. The van der Waals surface area contributed by atoms with Gasteiger partial charge in [0.1, 0.15) is 0 Å². The van der Waals surface area contributed by atoms with Gasteiger partial charge in [0.05, 0.1) is 16.4 Å². The highest BCUT2D eigenvalue weighted by atomic mass is 35.5. The van der Waals surface area contributed by atoms with Gasteiger partial charge in [-0.05, 0) is 30.3 Å². The maximum atomic E-state index is 11.4. The molecule has 3 rings (SSSR count). The Morgan fingerprint density at radius 3 is 2.54 bits per heavy atom. The lowest BCUT2D eigenvalue weighted by atomic mass is 10.1. The Hall–Kier alpha value is -2.15. The van der Waals surface area contributed by atoms with Crippen LogP contribution in [0.3, 0.4) is 0 Å². The van der Waals surface area contributed by atoms with Gasteiger partial charge in [0.15, 0.2) is 5.17 Å². The second kappa shape index (κ2) is 8.49. The fourth-order valence-corrected chi connectivity index (χ4v) is 3.29. The van der Waals surface area contributed by atoms with Gasteiger partial charge < -0.3 is 5.32 Å². The molecule has 1 heterocycles. The molecular weight excluding hydrogens is 391 g/mol. The summed E-state index contributed by atoms with van der Waals surface area (Å²) >= 11 is 13.5. The number of hydrogen-bond acceptors (Lipinski definition) is 4. The molecule has 1 amide bonds. The van der Waals surface area contributed by atoms with Crippen LogP contribution in [0.1, 0.15) is 18.9 Å². The highest BCUT2D eigenvalue weighted by molar-refractivity contribution is 8.16. The first-order chi connectivity index (χ1) is 12.5. The Morgan fingerprint density at radius 2 is 1.92 bits per heavy atom. The van der Waals surface area contributed by atoms with Crippen molar-refractivity contribution in [1.82, 2.24) is 10.9 Å². The van der Waals surface area contributed by atoms with Crippen LogP contribution in [0.5, 0.6) is 0 Å². The van der Waals surface area contributed by atoms with Crippen LogP contribution in [0.4, 0.5) is 11.4 Å². The van der Waals surface area contributed by atoms with Crippen LogP contribution in [-0.2, 0) is 4.79 Å². The Kier molecular flexibility index (Phi) is 6.08. The molecular formula is C18H16Cl2N4OS. The summed E-state index contributed by atoms with van der Waals surface area (Å²) in [7, 11) is 0. The lowest BCUT2D eigenvalue weighted by Gasteiger charge is -2.19. The molecule has 0 unspecified atom stereocenters. The van der Waals surface area contributed by atoms with E-state index in [2.05, 4.69) is 21.2 Å². The molecule has 0 bridgehead atoms. The summed E-state index contributed by atoms with van der Waals surface area (Å²) in [6, 6.07) is 12.8. The molecule has 0 spiro atoms. The SMILES string of the molecule is CCC(=O)Nc1ccc(C2=CSC(=Nc3ccc(Cl)cc3Cl)NN2)cc1. The predicted molar refractivity (Wildman–Crippen MR) is 111 cm³/mol. The van der Waals surface area contributed by atoms with Gasteiger partial charge in [0, 0.05) is 28.1 Å². The summed E-state index contributed by atoms with van der Waals surface area (Å²) < 4.78 is 0. The number of hydrazine groups is 1. The molecule has 0 saturated heterocycles. The van der Waals surface area contributed by atoms with Crippen molar-refractivity contribution in [3.8, 4) is 0 Å². The van der Waals surface area contributed by atoms with Crippen molar-refractivity contribution in [3.05, 3.63) is 63.5 Å². The Balaban J connectivity index is 1.69. The average Bonchev–Trinajstić information content (AvgIpc) is 2.65. The van der Waals surface area contributed by atoms with Crippen LogP contribution >= 0.6 is 35.0 Å². The number of thioether (sulfide) groups is 1. The van der Waals surface area contributed by atoms with Gasteiger partial charge in [0.25, 0.3) is 0 Å². The third-order valence-electron chi connectivity index (χ3n) is 3.53. The standard InChI is InChI=1S/C18H16Cl2N4OS/c1-2-17(25)21-13-6-3-11(4-7-13)16-10-26-18(24-23-16)22-15-8-5-12(19)9-14(15)20/h3-10,23H,2H2,1H3,(H,21,25)(H,22,24). The number of aliphatic imine (C=N–C) groups is 1. The molecule has 0 saturated carbocycles. The number of carbonyl (C=O) groups excluding carboxylic acids is 1. The average molecular weight is 407 g/mol. The fourth-order valence-electron chi connectivity index (χ4n) is 2.15. The second-order valence-corrected chi connectivity index (χ2v) is 7.09. The van der Waals surface area contributed by atoms with Crippen molar-refractivity contribution in [2.75, 3.05) is 5.32 Å². The predicted octanol–water partition coefficient (Wildman–Crippen LogP) is 5.17. The molecule has 0 atom stereocenters. The molecule has 1 aliphatic heterocycles. The fraction of sp³-hybridized carbons (Fsp3) is 0.111. The molecule has 0 aromatic heterocycles.